The standard InChI is InChI=1S/C11H21NO2/c1-3-5-11(13)9-12-6-4-7-14-10(2)8-12/h10H,3-9H2,1-2H3. The Hall–Kier alpha value is -0.410. The fourth-order valence-corrected chi connectivity index (χ4v) is 1.83. The number of carbonyl (C=O) groups excluding carboxylic acids is 1. The lowest BCUT2D eigenvalue weighted by Crippen LogP contribution is -2.34. The Morgan fingerprint density at radius 3 is 3.07 bits per heavy atom. The zero-order valence-corrected chi connectivity index (χ0v) is 9.29. The van der Waals surface area contributed by atoms with Gasteiger partial charge < -0.3 is 4.74 Å². The molecule has 1 unspecified atom stereocenters. The van der Waals surface area contributed by atoms with Crippen molar-refractivity contribution < 1.29 is 9.53 Å². The molecule has 1 aliphatic rings. The minimum Gasteiger partial charge on any atom is -0.377 e. The summed E-state index contributed by atoms with van der Waals surface area (Å²) in [7, 11) is 0. The third-order valence-electron chi connectivity index (χ3n) is 2.47. The normalized spacial score (nSPS) is 24.6. The SMILES string of the molecule is CCCC(=O)CN1CCCOC(C)C1. The maximum atomic E-state index is 11.4. The summed E-state index contributed by atoms with van der Waals surface area (Å²) in [4.78, 5) is 13.7. The van der Waals surface area contributed by atoms with E-state index in [2.05, 4.69) is 11.8 Å². The van der Waals surface area contributed by atoms with Crippen LogP contribution >= 0.6 is 0 Å². The Morgan fingerprint density at radius 2 is 2.36 bits per heavy atom. The van der Waals surface area contributed by atoms with Gasteiger partial charge in [-0.15, -0.1) is 0 Å². The fourth-order valence-electron chi connectivity index (χ4n) is 1.83. The van der Waals surface area contributed by atoms with Gasteiger partial charge in [0.1, 0.15) is 5.78 Å². The largest absolute Gasteiger partial charge is 0.377 e. The highest BCUT2D eigenvalue weighted by Crippen LogP contribution is 2.05. The second-order valence-corrected chi connectivity index (χ2v) is 4.06. The van der Waals surface area contributed by atoms with Crippen molar-refractivity contribution in [3.05, 3.63) is 0 Å². The lowest BCUT2D eigenvalue weighted by molar-refractivity contribution is -0.120. The number of Topliss-reactive ketones (excluding diaryl/α,β-unsaturated/α-hetero) is 1. The smallest absolute Gasteiger partial charge is 0.146 e. The Morgan fingerprint density at radius 1 is 1.57 bits per heavy atom. The van der Waals surface area contributed by atoms with Crippen molar-refractivity contribution in [2.45, 2.75) is 39.2 Å². The molecule has 1 fully saturated rings. The van der Waals surface area contributed by atoms with Crippen molar-refractivity contribution in [1.29, 1.82) is 0 Å². The summed E-state index contributed by atoms with van der Waals surface area (Å²) in [5.74, 6) is 0.363. The topological polar surface area (TPSA) is 29.5 Å². The van der Waals surface area contributed by atoms with Gasteiger partial charge >= 0.3 is 0 Å². The molecule has 0 aromatic heterocycles. The monoisotopic (exact) mass is 199 g/mol. The number of rotatable bonds is 4. The van der Waals surface area contributed by atoms with E-state index in [1.165, 1.54) is 0 Å². The van der Waals surface area contributed by atoms with Crippen molar-refractivity contribution in [3.8, 4) is 0 Å². The molecule has 14 heavy (non-hydrogen) atoms. The van der Waals surface area contributed by atoms with E-state index in [1.54, 1.807) is 0 Å². The van der Waals surface area contributed by atoms with E-state index in [9.17, 15) is 4.79 Å². The van der Waals surface area contributed by atoms with E-state index < -0.39 is 0 Å². The van der Waals surface area contributed by atoms with Crippen molar-refractivity contribution in [1.82, 2.24) is 4.90 Å². The van der Waals surface area contributed by atoms with Crippen LogP contribution < -0.4 is 0 Å². The average molecular weight is 199 g/mol. The van der Waals surface area contributed by atoms with Crippen LogP contribution in [0.1, 0.15) is 33.1 Å². The minimum absolute atomic E-state index is 0.270. The first-order chi connectivity index (χ1) is 6.72. The van der Waals surface area contributed by atoms with E-state index in [0.29, 0.717) is 18.7 Å². The number of hydrogen-bond acceptors (Lipinski definition) is 3. The van der Waals surface area contributed by atoms with E-state index in [1.807, 2.05) is 6.92 Å². The molecule has 0 radical (unpaired) electrons. The molecule has 3 nitrogen and oxygen atoms in total. The zero-order chi connectivity index (χ0) is 10.4. The van der Waals surface area contributed by atoms with Gasteiger partial charge in [0, 0.05) is 26.1 Å². The van der Waals surface area contributed by atoms with Gasteiger partial charge in [-0.05, 0) is 19.8 Å². The highest BCUT2D eigenvalue weighted by molar-refractivity contribution is 5.80. The minimum atomic E-state index is 0.270. The molecule has 1 saturated heterocycles. The van der Waals surface area contributed by atoms with Crippen molar-refractivity contribution in [3.63, 3.8) is 0 Å². The summed E-state index contributed by atoms with van der Waals surface area (Å²) >= 11 is 0. The van der Waals surface area contributed by atoms with Crippen LogP contribution in [0, 0.1) is 0 Å². The Balaban J connectivity index is 2.31. The number of ketones is 1. The summed E-state index contributed by atoms with van der Waals surface area (Å²) in [5, 5.41) is 0. The summed E-state index contributed by atoms with van der Waals surface area (Å²) in [5.41, 5.74) is 0. The van der Waals surface area contributed by atoms with Gasteiger partial charge in [-0.2, -0.15) is 0 Å². The number of nitrogens with zero attached hydrogens (tertiary/aromatic N) is 1. The van der Waals surface area contributed by atoms with Gasteiger partial charge in [0.25, 0.3) is 0 Å². The molecular formula is C11H21NO2. The summed E-state index contributed by atoms with van der Waals surface area (Å²) < 4.78 is 5.52. The number of carbonyl (C=O) groups is 1. The van der Waals surface area contributed by atoms with Crippen molar-refractivity contribution >= 4 is 5.78 Å². The Labute approximate surface area is 86.4 Å². The first kappa shape index (κ1) is 11.7. The predicted molar refractivity (Wildman–Crippen MR) is 56.4 cm³/mol. The molecule has 0 spiro atoms. The highest BCUT2D eigenvalue weighted by Gasteiger charge is 2.16. The third-order valence-corrected chi connectivity index (χ3v) is 2.47. The molecular weight excluding hydrogens is 178 g/mol. The summed E-state index contributed by atoms with van der Waals surface area (Å²) in [6.45, 7) is 7.46. The highest BCUT2D eigenvalue weighted by atomic mass is 16.5. The Bertz CT molecular complexity index is 182. The molecule has 0 saturated carbocycles. The molecule has 1 atom stereocenters. The van der Waals surface area contributed by atoms with E-state index in [-0.39, 0.29) is 6.10 Å². The van der Waals surface area contributed by atoms with E-state index in [4.69, 9.17) is 4.74 Å². The van der Waals surface area contributed by atoms with Crippen molar-refractivity contribution in [2.24, 2.45) is 0 Å². The quantitative estimate of drug-likeness (QED) is 0.686. The number of ether oxygens (including phenoxy) is 1. The molecule has 1 rings (SSSR count). The molecule has 0 aromatic carbocycles. The van der Waals surface area contributed by atoms with Crippen LogP contribution in [-0.2, 0) is 9.53 Å². The average Bonchev–Trinajstić information content (AvgIpc) is 2.30. The van der Waals surface area contributed by atoms with Gasteiger partial charge in [-0.1, -0.05) is 6.92 Å². The van der Waals surface area contributed by atoms with Gasteiger partial charge in [-0.3, -0.25) is 9.69 Å². The van der Waals surface area contributed by atoms with E-state index >= 15 is 0 Å². The van der Waals surface area contributed by atoms with Crippen molar-refractivity contribution in [2.75, 3.05) is 26.2 Å². The lowest BCUT2D eigenvalue weighted by Gasteiger charge is -2.20. The summed E-state index contributed by atoms with van der Waals surface area (Å²) in [6, 6.07) is 0. The van der Waals surface area contributed by atoms with Crippen LogP contribution in [0.3, 0.4) is 0 Å². The molecule has 0 amide bonds. The summed E-state index contributed by atoms with van der Waals surface area (Å²) in [6.07, 6.45) is 2.99. The molecule has 0 bridgehead atoms. The van der Waals surface area contributed by atoms with E-state index in [0.717, 1.165) is 32.5 Å². The first-order valence-electron chi connectivity index (χ1n) is 5.58. The van der Waals surface area contributed by atoms with Crippen LogP contribution in [0.2, 0.25) is 0 Å². The van der Waals surface area contributed by atoms with Gasteiger partial charge in [0.2, 0.25) is 0 Å². The fraction of sp³-hybridized carbons (Fsp3) is 0.909. The number of hydrogen-bond donors (Lipinski definition) is 0. The van der Waals surface area contributed by atoms with Crippen LogP contribution in [0.15, 0.2) is 0 Å². The van der Waals surface area contributed by atoms with Gasteiger partial charge in [-0.25, -0.2) is 0 Å². The lowest BCUT2D eigenvalue weighted by atomic mass is 10.2. The molecule has 0 aliphatic carbocycles. The van der Waals surface area contributed by atoms with Gasteiger partial charge in [0.15, 0.2) is 0 Å². The molecule has 0 aromatic rings. The zero-order valence-electron chi connectivity index (χ0n) is 9.29. The molecule has 1 aliphatic heterocycles. The molecule has 3 heteroatoms. The van der Waals surface area contributed by atoms with Gasteiger partial charge in [0.05, 0.1) is 12.6 Å². The molecule has 0 N–H and O–H groups in total. The predicted octanol–water partition coefficient (Wildman–Crippen LogP) is 1.47. The maximum Gasteiger partial charge on any atom is 0.146 e. The maximum absolute atomic E-state index is 11.4. The van der Waals surface area contributed by atoms with Crippen LogP contribution in [0.5, 0.6) is 0 Å². The van der Waals surface area contributed by atoms with Crippen LogP contribution in [-0.4, -0.2) is 43.0 Å². The van der Waals surface area contributed by atoms with Crippen LogP contribution in [0.4, 0.5) is 0 Å². The Kier molecular flexibility index (Phi) is 5.12. The molecule has 1 heterocycles. The second-order valence-electron chi connectivity index (χ2n) is 4.06. The first-order valence-corrected chi connectivity index (χ1v) is 5.58. The van der Waals surface area contributed by atoms with Crippen LogP contribution in [0.25, 0.3) is 0 Å². The molecule has 82 valence electrons. The second kappa shape index (κ2) is 6.14. The third kappa shape index (κ3) is 4.20.